The summed E-state index contributed by atoms with van der Waals surface area (Å²) >= 11 is 2.67. The molecule has 33 heavy (non-hydrogen) atoms. The Hall–Kier alpha value is -2.92. The average Bonchev–Trinajstić information content (AvgIpc) is 3.48. The number of thiophene rings is 1. The number of nitrogens with one attached hydrogen (secondary N) is 1. The summed E-state index contributed by atoms with van der Waals surface area (Å²) in [5, 5.41) is 12.3. The van der Waals surface area contributed by atoms with Gasteiger partial charge in [-0.05, 0) is 56.0 Å². The third kappa shape index (κ3) is 5.03. The van der Waals surface area contributed by atoms with Gasteiger partial charge in [0.05, 0.1) is 18.4 Å². The van der Waals surface area contributed by atoms with Crippen LogP contribution in [0.15, 0.2) is 29.4 Å². The third-order valence-corrected chi connectivity index (χ3v) is 7.48. The quantitative estimate of drug-likeness (QED) is 0.374. The Balaban J connectivity index is 1.38. The van der Waals surface area contributed by atoms with Gasteiger partial charge in [0.25, 0.3) is 0 Å². The molecule has 0 aliphatic heterocycles. The molecule has 0 fully saturated rings. The van der Waals surface area contributed by atoms with Crippen molar-refractivity contribution in [2.75, 3.05) is 18.2 Å². The molecule has 11 heteroatoms. The molecule has 8 nitrogen and oxygen atoms in total. The zero-order valence-electron chi connectivity index (χ0n) is 18.4. The van der Waals surface area contributed by atoms with Crippen LogP contribution in [0.5, 0.6) is 5.75 Å². The highest BCUT2D eigenvalue weighted by Crippen LogP contribution is 2.39. The summed E-state index contributed by atoms with van der Waals surface area (Å²) in [5.74, 6) is 0.185. The Bertz CT molecular complexity index is 1180. The second kappa shape index (κ2) is 9.92. The molecule has 4 rings (SSSR count). The first-order valence-electron chi connectivity index (χ1n) is 10.3. The van der Waals surface area contributed by atoms with Crippen molar-refractivity contribution in [2.45, 2.75) is 37.4 Å². The van der Waals surface area contributed by atoms with Crippen molar-refractivity contribution in [3.05, 3.63) is 51.9 Å². The van der Waals surface area contributed by atoms with Crippen LogP contribution in [0, 0.1) is 5.82 Å². The van der Waals surface area contributed by atoms with Crippen molar-refractivity contribution < 1.29 is 23.5 Å². The molecule has 0 spiro atoms. The van der Waals surface area contributed by atoms with E-state index in [-0.39, 0.29) is 17.5 Å². The van der Waals surface area contributed by atoms with Gasteiger partial charge in [0.15, 0.2) is 17.1 Å². The van der Waals surface area contributed by atoms with E-state index in [2.05, 4.69) is 15.5 Å². The topological polar surface area (TPSA) is 95.3 Å². The van der Waals surface area contributed by atoms with Crippen molar-refractivity contribution >= 4 is 40.0 Å². The standard InChI is InChI=1S/C22H23FN4O4S2/c1-12(31-14-9-7-13(23)8-10-14)19-25-26-22(27(19)2)32-11-17(28)24-20-18(21(29)30-3)15-5-4-6-16(15)33-20/h7-10,12H,4-6,11H2,1-3H3,(H,24,28). The predicted molar refractivity (Wildman–Crippen MR) is 123 cm³/mol. The molecular weight excluding hydrogens is 467 g/mol. The van der Waals surface area contributed by atoms with Crippen LogP contribution in [0.3, 0.4) is 0 Å². The number of thioether (sulfide) groups is 1. The smallest absolute Gasteiger partial charge is 0.341 e. The summed E-state index contributed by atoms with van der Waals surface area (Å²) in [6.07, 6.45) is 2.31. The van der Waals surface area contributed by atoms with Crippen LogP contribution in [0.1, 0.15) is 46.1 Å². The van der Waals surface area contributed by atoms with Gasteiger partial charge in [-0.3, -0.25) is 4.79 Å². The monoisotopic (exact) mass is 490 g/mol. The molecule has 0 saturated heterocycles. The molecule has 3 aromatic rings. The number of aromatic nitrogens is 3. The molecule has 1 aliphatic rings. The van der Waals surface area contributed by atoms with Crippen molar-refractivity contribution in [1.29, 1.82) is 0 Å². The number of fused-ring (bicyclic) bond motifs is 1. The van der Waals surface area contributed by atoms with E-state index >= 15 is 0 Å². The lowest BCUT2D eigenvalue weighted by atomic mass is 10.1. The predicted octanol–water partition coefficient (Wildman–Crippen LogP) is 4.16. The second-order valence-corrected chi connectivity index (χ2v) is 9.55. The SMILES string of the molecule is COC(=O)c1c(NC(=O)CSc2nnc(C(C)Oc3ccc(F)cc3)n2C)sc2c1CCC2. The molecule has 1 aromatic carbocycles. The number of carbonyl (C=O) groups is 2. The Morgan fingerprint density at radius 3 is 2.76 bits per heavy atom. The highest BCUT2D eigenvalue weighted by Gasteiger charge is 2.28. The minimum atomic E-state index is -0.426. The van der Waals surface area contributed by atoms with E-state index in [1.165, 1.54) is 42.3 Å². The number of benzene rings is 1. The summed E-state index contributed by atoms with van der Waals surface area (Å²) in [6, 6.07) is 5.75. The number of carbonyl (C=O) groups excluding carboxylic acids is 2. The summed E-state index contributed by atoms with van der Waals surface area (Å²) in [6.45, 7) is 1.82. The van der Waals surface area contributed by atoms with Crippen molar-refractivity contribution in [1.82, 2.24) is 14.8 Å². The molecule has 0 bridgehead atoms. The Labute approximate surface area is 198 Å². The molecule has 1 aliphatic carbocycles. The van der Waals surface area contributed by atoms with Crippen LogP contribution in [0.4, 0.5) is 9.39 Å². The van der Waals surface area contributed by atoms with Crippen molar-refractivity contribution in [3.63, 3.8) is 0 Å². The maximum atomic E-state index is 13.1. The van der Waals surface area contributed by atoms with Gasteiger partial charge in [0, 0.05) is 11.9 Å². The number of hydrogen-bond donors (Lipinski definition) is 1. The van der Waals surface area contributed by atoms with E-state index in [1.807, 2.05) is 6.92 Å². The van der Waals surface area contributed by atoms with Gasteiger partial charge in [0.1, 0.15) is 16.6 Å². The largest absolute Gasteiger partial charge is 0.483 e. The van der Waals surface area contributed by atoms with Gasteiger partial charge < -0.3 is 19.4 Å². The number of ether oxygens (including phenoxy) is 2. The first-order chi connectivity index (χ1) is 15.9. The lowest BCUT2D eigenvalue weighted by molar-refractivity contribution is -0.113. The zero-order chi connectivity index (χ0) is 23.5. The summed E-state index contributed by atoms with van der Waals surface area (Å²) in [5.41, 5.74) is 1.46. The van der Waals surface area contributed by atoms with Crippen LogP contribution in [0.25, 0.3) is 0 Å². The minimum absolute atomic E-state index is 0.0996. The van der Waals surface area contributed by atoms with Gasteiger partial charge in [-0.15, -0.1) is 21.5 Å². The molecule has 1 unspecified atom stereocenters. The summed E-state index contributed by atoms with van der Waals surface area (Å²) in [4.78, 5) is 26.0. The van der Waals surface area contributed by atoms with Gasteiger partial charge in [-0.2, -0.15) is 0 Å². The fourth-order valence-corrected chi connectivity index (χ4v) is 5.69. The molecule has 174 valence electrons. The third-order valence-electron chi connectivity index (χ3n) is 5.25. The molecule has 1 N–H and O–H groups in total. The number of methoxy groups -OCH3 is 1. The molecule has 0 radical (unpaired) electrons. The lowest BCUT2D eigenvalue weighted by Gasteiger charge is -2.14. The summed E-state index contributed by atoms with van der Waals surface area (Å²) < 4.78 is 25.6. The van der Waals surface area contributed by atoms with E-state index in [9.17, 15) is 14.0 Å². The molecular formula is C22H23FN4O4S2. The first kappa shape index (κ1) is 23.2. The highest BCUT2D eigenvalue weighted by atomic mass is 32.2. The number of halogens is 1. The zero-order valence-corrected chi connectivity index (χ0v) is 20.0. The molecule has 1 amide bonds. The number of rotatable bonds is 8. The Morgan fingerprint density at radius 1 is 1.27 bits per heavy atom. The number of esters is 1. The highest BCUT2D eigenvalue weighted by molar-refractivity contribution is 7.99. The van der Waals surface area contributed by atoms with E-state index in [0.717, 1.165) is 29.7 Å². The van der Waals surface area contributed by atoms with Crippen LogP contribution in [-0.4, -0.2) is 39.5 Å². The molecule has 2 aromatic heterocycles. The average molecular weight is 491 g/mol. The van der Waals surface area contributed by atoms with Gasteiger partial charge in [0.2, 0.25) is 5.91 Å². The van der Waals surface area contributed by atoms with Crippen LogP contribution >= 0.6 is 23.1 Å². The number of amides is 1. The fraction of sp³-hybridized carbons (Fsp3) is 0.364. The maximum absolute atomic E-state index is 13.1. The number of nitrogens with zero attached hydrogens (tertiary/aromatic N) is 3. The van der Waals surface area contributed by atoms with Crippen LogP contribution in [-0.2, 0) is 29.4 Å². The fourth-order valence-electron chi connectivity index (χ4n) is 3.68. The second-order valence-electron chi connectivity index (χ2n) is 7.50. The molecule has 0 saturated carbocycles. The van der Waals surface area contributed by atoms with Crippen molar-refractivity contribution in [3.8, 4) is 5.75 Å². The minimum Gasteiger partial charge on any atom is -0.483 e. The normalized spacial score (nSPS) is 13.5. The van der Waals surface area contributed by atoms with E-state index in [1.54, 1.807) is 23.7 Å². The van der Waals surface area contributed by atoms with Gasteiger partial charge in [-0.1, -0.05) is 11.8 Å². The van der Waals surface area contributed by atoms with Crippen LogP contribution in [0.2, 0.25) is 0 Å². The number of hydrogen-bond acceptors (Lipinski definition) is 8. The van der Waals surface area contributed by atoms with E-state index in [0.29, 0.717) is 27.3 Å². The van der Waals surface area contributed by atoms with E-state index < -0.39 is 12.1 Å². The van der Waals surface area contributed by atoms with E-state index in [4.69, 9.17) is 9.47 Å². The number of anilines is 1. The summed E-state index contributed by atoms with van der Waals surface area (Å²) in [7, 11) is 3.13. The molecule has 1 atom stereocenters. The van der Waals surface area contributed by atoms with Crippen molar-refractivity contribution in [2.24, 2.45) is 7.05 Å². The van der Waals surface area contributed by atoms with Gasteiger partial charge in [-0.25, -0.2) is 9.18 Å². The molecule has 2 heterocycles. The maximum Gasteiger partial charge on any atom is 0.341 e. The Kier molecular flexibility index (Phi) is 6.99. The number of aryl methyl sites for hydroxylation is 1. The first-order valence-corrected chi connectivity index (χ1v) is 12.1. The lowest BCUT2D eigenvalue weighted by Crippen LogP contribution is -2.16. The Morgan fingerprint density at radius 2 is 2.03 bits per heavy atom. The van der Waals surface area contributed by atoms with Crippen LogP contribution < -0.4 is 10.1 Å². The van der Waals surface area contributed by atoms with Gasteiger partial charge >= 0.3 is 5.97 Å².